The van der Waals surface area contributed by atoms with Crippen LogP contribution < -0.4 is 10.7 Å². The molecule has 0 aliphatic heterocycles. The predicted molar refractivity (Wildman–Crippen MR) is 143 cm³/mol. The van der Waals surface area contributed by atoms with Gasteiger partial charge in [0.2, 0.25) is 0 Å². The largest absolute Gasteiger partial charge is 0.461 e. The molecule has 0 fully saturated rings. The van der Waals surface area contributed by atoms with Crippen LogP contribution >= 0.6 is 12.2 Å². The van der Waals surface area contributed by atoms with Gasteiger partial charge in [0.1, 0.15) is 0 Å². The summed E-state index contributed by atoms with van der Waals surface area (Å²) in [6.07, 6.45) is -0.474. The second-order valence-electron chi connectivity index (χ2n) is 8.24. The molecule has 0 unspecified atom stereocenters. The molecule has 0 saturated heterocycles. The highest BCUT2D eigenvalue weighted by Gasteiger charge is 2.33. The van der Waals surface area contributed by atoms with Crippen molar-refractivity contribution in [2.75, 3.05) is 11.9 Å². The normalized spacial score (nSPS) is 12.3. The van der Waals surface area contributed by atoms with Crippen molar-refractivity contribution in [3.8, 4) is 0 Å². The molecule has 3 aromatic rings. The highest BCUT2D eigenvalue weighted by Crippen LogP contribution is 2.30. The number of fused-ring (bicyclic) bond motifs is 2. The van der Waals surface area contributed by atoms with E-state index in [1.54, 1.807) is 31.2 Å². The number of carbonyl (C=O) groups excluding carboxylic acids is 4. The fraction of sp³-hybridized carbons (Fsp3) is 0.143. The number of thiocarbonyl (C=S) groups is 1. The summed E-state index contributed by atoms with van der Waals surface area (Å²) in [5, 5.41) is 7.06. The number of Topliss-reactive ketones (excluding diaryl/α,β-unsaturated/α-hetero) is 1. The number of ketones is 3. The van der Waals surface area contributed by atoms with E-state index < -0.39 is 24.0 Å². The van der Waals surface area contributed by atoms with E-state index in [0.29, 0.717) is 5.69 Å². The number of hydrogen-bond acceptors (Lipinski definition) is 7. The molecule has 2 N–H and O–H groups in total. The number of rotatable bonds is 7. The van der Waals surface area contributed by atoms with Gasteiger partial charge in [0, 0.05) is 33.5 Å². The number of nitrogens with zero attached hydrogens (tertiary/aromatic N) is 1. The summed E-state index contributed by atoms with van der Waals surface area (Å²) in [5.74, 6) is -2.14. The second-order valence-corrected chi connectivity index (χ2v) is 8.65. The Kier molecular flexibility index (Phi) is 7.64. The summed E-state index contributed by atoms with van der Waals surface area (Å²) in [6.45, 7) is 3.66. The Balaban J connectivity index is 1.59. The lowest BCUT2D eigenvalue weighted by molar-refractivity contribution is -0.135. The van der Waals surface area contributed by atoms with Gasteiger partial charge in [0.15, 0.2) is 28.2 Å². The molecule has 0 spiro atoms. The van der Waals surface area contributed by atoms with Gasteiger partial charge in [-0.15, -0.1) is 0 Å². The molecular weight excluding hydrogens is 490 g/mol. The van der Waals surface area contributed by atoms with Crippen molar-refractivity contribution in [3.63, 3.8) is 0 Å². The van der Waals surface area contributed by atoms with Gasteiger partial charge in [-0.05, 0) is 38.2 Å². The maximum atomic E-state index is 13.3. The van der Waals surface area contributed by atoms with Crippen LogP contribution in [0.4, 0.5) is 5.69 Å². The number of hydrogen-bond donors (Lipinski definition) is 2. The average molecular weight is 514 g/mol. The van der Waals surface area contributed by atoms with Crippen molar-refractivity contribution in [2.45, 2.75) is 20.3 Å². The number of ether oxygens (including phenoxy) is 1. The lowest BCUT2D eigenvalue weighted by Crippen LogP contribution is -2.30. The number of anilines is 1. The third kappa shape index (κ3) is 5.52. The van der Waals surface area contributed by atoms with E-state index in [2.05, 4.69) is 15.8 Å². The van der Waals surface area contributed by atoms with Gasteiger partial charge in [-0.3, -0.25) is 19.8 Å². The quantitative estimate of drug-likeness (QED) is 0.124. The van der Waals surface area contributed by atoms with Crippen molar-refractivity contribution < 1.29 is 23.9 Å². The molecule has 0 amide bonds. The zero-order valence-electron chi connectivity index (χ0n) is 20.2. The van der Waals surface area contributed by atoms with Gasteiger partial charge >= 0.3 is 5.97 Å². The zero-order valence-corrected chi connectivity index (χ0v) is 21.0. The molecule has 37 heavy (non-hydrogen) atoms. The summed E-state index contributed by atoms with van der Waals surface area (Å²) < 4.78 is 5.06. The third-order valence-electron chi connectivity index (χ3n) is 5.69. The van der Waals surface area contributed by atoms with Crippen molar-refractivity contribution >= 4 is 52.0 Å². The number of nitrogens with one attached hydrogen (secondary N) is 2. The Bertz CT molecular complexity index is 1460. The van der Waals surface area contributed by atoms with Gasteiger partial charge in [0.05, 0.1) is 13.0 Å². The molecule has 8 nitrogen and oxygen atoms in total. The van der Waals surface area contributed by atoms with Crippen LogP contribution in [0.15, 0.2) is 71.8 Å². The fourth-order valence-electron chi connectivity index (χ4n) is 3.91. The highest BCUT2D eigenvalue weighted by molar-refractivity contribution is 7.80. The van der Waals surface area contributed by atoms with Crippen molar-refractivity contribution in [1.82, 2.24) is 5.43 Å². The summed E-state index contributed by atoms with van der Waals surface area (Å²) in [4.78, 5) is 52.1. The number of hydrazone groups is 1. The number of carbonyl (C=O) groups is 4. The highest BCUT2D eigenvalue weighted by atomic mass is 32.1. The van der Waals surface area contributed by atoms with E-state index in [4.69, 9.17) is 17.0 Å². The van der Waals surface area contributed by atoms with E-state index in [1.165, 1.54) is 18.2 Å². The Morgan fingerprint density at radius 2 is 1.54 bits per heavy atom. The van der Waals surface area contributed by atoms with Crippen molar-refractivity contribution in [2.24, 2.45) is 5.10 Å². The van der Waals surface area contributed by atoms with Gasteiger partial charge < -0.3 is 10.1 Å². The van der Waals surface area contributed by atoms with Crippen LogP contribution in [0.1, 0.15) is 61.1 Å². The monoisotopic (exact) mass is 513 g/mol. The first-order valence-electron chi connectivity index (χ1n) is 11.5. The number of aryl methyl sites for hydroxylation is 1. The smallest absolute Gasteiger partial charge is 0.354 e. The summed E-state index contributed by atoms with van der Waals surface area (Å²) in [6, 6.07) is 18.4. The van der Waals surface area contributed by atoms with Crippen molar-refractivity contribution in [1.29, 1.82) is 0 Å². The van der Waals surface area contributed by atoms with Crippen LogP contribution in [0, 0.1) is 6.92 Å². The maximum absolute atomic E-state index is 13.3. The first-order valence-corrected chi connectivity index (χ1v) is 11.9. The van der Waals surface area contributed by atoms with E-state index in [-0.39, 0.29) is 51.0 Å². The molecule has 0 saturated carbocycles. The minimum absolute atomic E-state index is 0.0175. The summed E-state index contributed by atoms with van der Waals surface area (Å²) >= 11 is 5.24. The number of esters is 1. The second kappa shape index (κ2) is 11.0. The molecule has 1 aliphatic carbocycles. The van der Waals surface area contributed by atoms with E-state index in [9.17, 15) is 19.2 Å². The molecule has 0 aromatic heterocycles. The van der Waals surface area contributed by atoms with Crippen LogP contribution in [0.2, 0.25) is 0 Å². The third-order valence-corrected chi connectivity index (χ3v) is 5.89. The molecule has 0 heterocycles. The Morgan fingerprint density at radius 1 is 0.892 bits per heavy atom. The maximum Gasteiger partial charge on any atom is 0.354 e. The zero-order chi connectivity index (χ0) is 26.5. The first kappa shape index (κ1) is 25.6. The average Bonchev–Trinajstić information content (AvgIpc) is 2.90. The molecule has 4 rings (SSSR count). The Hall–Kier alpha value is -4.50. The van der Waals surface area contributed by atoms with Crippen LogP contribution in [-0.4, -0.2) is 40.8 Å². The van der Waals surface area contributed by atoms with Crippen LogP contribution in [0.5, 0.6) is 0 Å². The van der Waals surface area contributed by atoms with Gasteiger partial charge in [0.25, 0.3) is 0 Å². The molecule has 186 valence electrons. The predicted octanol–water partition coefficient (Wildman–Crippen LogP) is 4.25. The van der Waals surface area contributed by atoms with Gasteiger partial charge in [-0.2, -0.15) is 5.10 Å². The van der Waals surface area contributed by atoms with E-state index in [0.717, 1.165) is 5.56 Å². The first-order chi connectivity index (χ1) is 17.8. The van der Waals surface area contributed by atoms with Crippen molar-refractivity contribution in [3.05, 3.63) is 100 Å². The van der Waals surface area contributed by atoms with E-state index >= 15 is 0 Å². The van der Waals surface area contributed by atoms with E-state index in [1.807, 2.05) is 31.2 Å². The summed E-state index contributed by atoms with van der Waals surface area (Å²) in [5.41, 5.74) is 4.84. The summed E-state index contributed by atoms with van der Waals surface area (Å²) in [7, 11) is 0. The Labute approximate surface area is 218 Å². The number of benzene rings is 3. The molecule has 3 aromatic carbocycles. The topological polar surface area (TPSA) is 114 Å². The SMILES string of the molecule is CCOC(=O)/C(CC(=O)c1cccc2c1C(=O)c1ccccc1C2=O)=N\NC(=S)Nc1ccc(C)cc1. The molecule has 0 bridgehead atoms. The molecule has 0 radical (unpaired) electrons. The van der Waals surface area contributed by atoms with Gasteiger partial charge in [-0.25, -0.2) is 4.79 Å². The molecule has 9 heteroatoms. The van der Waals surface area contributed by atoms with Crippen LogP contribution in [-0.2, 0) is 9.53 Å². The van der Waals surface area contributed by atoms with Crippen LogP contribution in [0.3, 0.4) is 0 Å². The minimum Gasteiger partial charge on any atom is -0.461 e. The molecule has 0 atom stereocenters. The fourth-order valence-corrected chi connectivity index (χ4v) is 4.07. The lowest BCUT2D eigenvalue weighted by Gasteiger charge is -2.19. The molecule has 1 aliphatic rings. The molecular formula is C28H23N3O5S. The lowest BCUT2D eigenvalue weighted by atomic mass is 9.80. The minimum atomic E-state index is -0.806. The standard InChI is InChI=1S/C28H23N3O5S/c1-3-36-27(35)22(30-31-28(37)29-17-13-11-16(2)12-14-17)15-23(32)20-9-6-10-21-24(20)26(34)19-8-5-4-7-18(19)25(21)33/h4-14H,3,15H2,1-2H3,(H2,29,31,37)/b30-22-. The van der Waals surface area contributed by atoms with Gasteiger partial charge in [-0.1, -0.05) is 60.2 Å². The van der Waals surface area contributed by atoms with Crippen LogP contribution in [0.25, 0.3) is 0 Å². The Morgan fingerprint density at radius 3 is 2.22 bits per heavy atom.